The average molecular weight is 323 g/mol. The monoisotopic (exact) mass is 323 g/mol. The molecule has 0 saturated carbocycles. The second-order valence-electron chi connectivity index (χ2n) is 5.46. The van der Waals surface area contributed by atoms with E-state index in [2.05, 4.69) is 0 Å². The second kappa shape index (κ2) is 5.72. The summed E-state index contributed by atoms with van der Waals surface area (Å²) < 4.78 is 9.61. The summed E-state index contributed by atoms with van der Waals surface area (Å²) in [4.78, 5) is 38.8. The summed E-state index contributed by atoms with van der Waals surface area (Å²) in [6, 6.07) is 0. The molecule has 0 radical (unpaired) electrons. The molecule has 1 amide bonds. The molecule has 2 heterocycles. The van der Waals surface area contributed by atoms with Crippen LogP contribution in [0.25, 0.3) is 0 Å². The molecule has 0 bridgehead atoms. The molecule has 1 aliphatic heterocycles. The van der Waals surface area contributed by atoms with E-state index in [1.807, 2.05) is 0 Å². The number of amides is 1. The Balaban J connectivity index is 1.97. The van der Waals surface area contributed by atoms with Gasteiger partial charge in [-0.1, -0.05) is 0 Å². The number of aryl methyl sites for hydroxylation is 1. The van der Waals surface area contributed by atoms with Crippen molar-refractivity contribution < 1.29 is 23.9 Å². The molecular formula is C15H17NO5S. The lowest BCUT2D eigenvalue weighted by atomic mass is 10.1. The molecule has 3 rings (SSSR count). The molecule has 0 spiro atoms. The highest BCUT2D eigenvalue weighted by Crippen LogP contribution is 2.43. The number of nitrogens with zero attached hydrogens (tertiary/aromatic N) is 1. The van der Waals surface area contributed by atoms with Gasteiger partial charge in [0, 0.05) is 17.8 Å². The molecule has 1 aliphatic carbocycles. The predicted molar refractivity (Wildman–Crippen MR) is 80.2 cm³/mol. The van der Waals surface area contributed by atoms with E-state index in [1.165, 1.54) is 30.5 Å². The van der Waals surface area contributed by atoms with Crippen LogP contribution in [-0.2, 0) is 31.9 Å². The minimum Gasteiger partial charge on any atom is -0.469 e. The number of esters is 2. The Labute approximate surface area is 132 Å². The number of ether oxygens (including phenoxy) is 2. The van der Waals surface area contributed by atoms with Crippen LogP contribution in [-0.4, -0.2) is 38.6 Å². The summed E-state index contributed by atoms with van der Waals surface area (Å²) in [5.41, 5.74) is 1.50. The molecule has 1 aromatic rings. The van der Waals surface area contributed by atoms with Gasteiger partial charge in [0.05, 0.1) is 25.7 Å². The van der Waals surface area contributed by atoms with Crippen molar-refractivity contribution in [2.45, 2.75) is 25.7 Å². The van der Waals surface area contributed by atoms with E-state index in [1.54, 1.807) is 0 Å². The minimum absolute atomic E-state index is 0.121. The molecule has 1 unspecified atom stereocenters. The Morgan fingerprint density at radius 1 is 1.23 bits per heavy atom. The molecule has 2 aliphatic rings. The van der Waals surface area contributed by atoms with E-state index in [9.17, 15) is 14.4 Å². The molecule has 6 nitrogen and oxygen atoms in total. The van der Waals surface area contributed by atoms with Crippen molar-refractivity contribution in [1.29, 1.82) is 0 Å². The van der Waals surface area contributed by atoms with E-state index in [0.717, 1.165) is 29.7 Å². The van der Waals surface area contributed by atoms with Crippen LogP contribution in [0.4, 0.5) is 5.00 Å². The number of carbonyl (C=O) groups excluding carboxylic acids is 3. The standard InChI is InChI=1S/C15H17NO5S/c1-20-14(18)8-6-11(17)16(7-8)13-12(15(19)21-2)9-4-3-5-10(9)22-13/h8H,3-7H2,1-2H3. The number of anilines is 1. The van der Waals surface area contributed by atoms with Gasteiger partial charge >= 0.3 is 11.9 Å². The van der Waals surface area contributed by atoms with Gasteiger partial charge in [0.15, 0.2) is 0 Å². The smallest absolute Gasteiger partial charge is 0.341 e. The van der Waals surface area contributed by atoms with E-state index < -0.39 is 11.9 Å². The van der Waals surface area contributed by atoms with Gasteiger partial charge in [0.25, 0.3) is 0 Å². The van der Waals surface area contributed by atoms with Crippen LogP contribution in [0.5, 0.6) is 0 Å². The molecule has 118 valence electrons. The second-order valence-corrected chi connectivity index (χ2v) is 6.54. The van der Waals surface area contributed by atoms with Gasteiger partial charge in [-0.05, 0) is 24.8 Å². The summed E-state index contributed by atoms with van der Waals surface area (Å²) >= 11 is 1.47. The molecule has 0 N–H and O–H groups in total. The van der Waals surface area contributed by atoms with Crippen molar-refractivity contribution >= 4 is 34.2 Å². The van der Waals surface area contributed by atoms with Crippen LogP contribution in [0.1, 0.15) is 33.6 Å². The lowest BCUT2D eigenvalue weighted by molar-refractivity contribution is -0.145. The zero-order valence-electron chi connectivity index (χ0n) is 12.5. The maximum atomic E-state index is 12.3. The number of methoxy groups -OCH3 is 2. The highest BCUT2D eigenvalue weighted by molar-refractivity contribution is 7.17. The zero-order valence-corrected chi connectivity index (χ0v) is 13.3. The van der Waals surface area contributed by atoms with Crippen LogP contribution in [0.15, 0.2) is 0 Å². The summed E-state index contributed by atoms with van der Waals surface area (Å²) in [7, 11) is 2.66. The Morgan fingerprint density at radius 2 is 2.00 bits per heavy atom. The van der Waals surface area contributed by atoms with E-state index >= 15 is 0 Å². The van der Waals surface area contributed by atoms with Crippen LogP contribution >= 0.6 is 11.3 Å². The molecule has 1 fully saturated rings. The lowest BCUT2D eigenvalue weighted by Crippen LogP contribution is -2.27. The zero-order chi connectivity index (χ0) is 15.9. The maximum absolute atomic E-state index is 12.3. The van der Waals surface area contributed by atoms with E-state index in [0.29, 0.717) is 10.6 Å². The highest BCUT2D eigenvalue weighted by Gasteiger charge is 2.40. The SMILES string of the molecule is COC(=O)c1c(N2CC(C(=O)OC)CC2=O)sc2c1CCC2. The predicted octanol–water partition coefficient (Wildman–Crippen LogP) is 1.55. The Kier molecular flexibility index (Phi) is 3.90. The number of fused-ring (bicyclic) bond motifs is 1. The van der Waals surface area contributed by atoms with Crippen molar-refractivity contribution in [3.05, 3.63) is 16.0 Å². The Hall–Kier alpha value is -1.89. The third kappa shape index (κ3) is 2.29. The normalized spacial score (nSPS) is 20.2. The van der Waals surface area contributed by atoms with Crippen LogP contribution in [0, 0.1) is 5.92 Å². The fourth-order valence-corrected chi connectivity index (χ4v) is 4.52. The van der Waals surface area contributed by atoms with Gasteiger partial charge in [0.2, 0.25) is 5.91 Å². The first-order valence-corrected chi connectivity index (χ1v) is 7.99. The van der Waals surface area contributed by atoms with Crippen molar-refractivity contribution in [3.8, 4) is 0 Å². The van der Waals surface area contributed by atoms with E-state index in [4.69, 9.17) is 9.47 Å². The number of thiophene rings is 1. The fraction of sp³-hybridized carbons (Fsp3) is 0.533. The lowest BCUT2D eigenvalue weighted by Gasteiger charge is -2.16. The van der Waals surface area contributed by atoms with Gasteiger partial charge in [-0.2, -0.15) is 0 Å². The van der Waals surface area contributed by atoms with Crippen molar-refractivity contribution in [2.75, 3.05) is 25.7 Å². The van der Waals surface area contributed by atoms with Gasteiger partial charge in [-0.25, -0.2) is 4.79 Å². The summed E-state index contributed by atoms with van der Waals surface area (Å²) in [6.07, 6.45) is 2.89. The molecule has 1 aromatic heterocycles. The van der Waals surface area contributed by atoms with Crippen molar-refractivity contribution in [2.24, 2.45) is 5.92 Å². The first-order chi connectivity index (χ1) is 10.6. The van der Waals surface area contributed by atoms with Gasteiger partial charge in [-0.3, -0.25) is 9.59 Å². The molecule has 1 atom stereocenters. The maximum Gasteiger partial charge on any atom is 0.341 e. The first kappa shape index (κ1) is 15.0. The quantitative estimate of drug-likeness (QED) is 0.789. The van der Waals surface area contributed by atoms with Gasteiger partial charge < -0.3 is 14.4 Å². The van der Waals surface area contributed by atoms with Crippen molar-refractivity contribution in [3.63, 3.8) is 0 Å². The number of hydrogen-bond acceptors (Lipinski definition) is 6. The largest absolute Gasteiger partial charge is 0.469 e. The Morgan fingerprint density at radius 3 is 2.68 bits per heavy atom. The fourth-order valence-electron chi connectivity index (χ4n) is 3.12. The van der Waals surface area contributed by atoms with Gasteiger partial charge in [-0.15, -0.1) is 11.3 Å². The van der Waals surface area contributed by atoms with Gasteiger partial charge in [0.1, 0.15) is 5.00 Å². The molecule has 7 heteroatoms. The average Bonchev–Trinajstić information content (AvgIpc) is 3.18. The molecule has 1 saturated heterocycles. The van der Waals surface area contributed by atoms with Crippen LogP contribution in [0.3, 0.4) is 0 Å². The molecular weight excluding hydrogens is 306 g/mol. The number of hydrogen-bond donors (Lipinski definition) is 0. The third-order valence-electron chi connectivity index (χ3n) is 4.20. The summed E-state index contributed by atoms with van der Waals surface area (Å²) in [6.45, 7) is 0.259. The highest BCUT2D eigenvalue weighted by atomic mass is 32.1. The number of carbonyl (C=O) groups is 3. The van der Waals surface area contributed by atoms with Crippen LogP contribution in [0.2, 0.25) is 0 Å². The topological polar surface area (TPSA) is 72.9 Å². The van der Waals surface area contributed by atoms with Crippen molar-refractivity contribution in [1.82, 2.24) is 0 Å². The van der Waals surface area contributed by atoms with Crippen LogP contribution < -0.4 is 4.90 Å². The molecule has 0 aromatic carbocycles. The third-order valence-corrected chi connectivity index (χ3v) is 5.51. The van der Waals surface area contributed by atoms with E-state index in [-0.39, 0.29) is 24.8 Å². The molecule has 22 heavy (non-hydrogen) atoms. The summed E-state index contributed by atoms with van der Waals surface area (Å²) in [5, 5.41) is 0.618. The minimum atomic E-state index is -0.472. The summed E-state index contributed by atoms with van der Waals surface area (Å²) in [5.74, 6) is -1.43. The first-order valence-electron chi connectivity index (χ1n) is 7.17. The Bertz CT molecular complexity index is 651. The number of rotatable bonds is 3.